The molecule has 2 nitrogen and oxygen atoms in total. The Kier molecular flexibility index (Phi) is 4.30. The van der Waals surface area contributed by atoms with Crippen molar-refractivity contribution < 1.29 is 9.16 Å². The van der Waals surface area contributed by atoms with Crippen LogP contribution in [0.4, 0.5) is 0 Å². The third kappa shape index (κ3) is 2.37. The lowest BCUT2D eigenvalue weighted by atomic mass is 9.89. The Morgan fingerprint density at radius 3 is 2.05 bits per heavy atom. The summed E-state index contributed by atoms with van der Waals surface area (Å²) in [5.74, 6) is 0.526. The third-order valence-electron chi connectivity index (χ3n) is 5.70. The quantitative estimate of drug-likeness (QED) is 0.528. The second-order valence-electron chi connectivity index (χ2n) is 6.98. The van der Waals surface area contributed by atoms with Crippen molar-refractivity contribution >= 4 is 24.2 Å². The summed E-state index contributed by atoms with van der Waals surface area (Å²) in [4.78, 5) is 0.431. The Morgan fingerprint density at radius 2 is 1.68 bits per heavy atom. The van der Waals surface area contributed by atoms with E-state index in [0.717, 1.165) is 0 Å². The fraction of sp³-hybridized carbons (Fsp3) is 1.00. The van der Waals surface area contributed by atoms with E-state index < -0.39 is 8.32 Å². The van der Waals surface area contributed by atoms with Crippen molar-refractivity contribution in [1.82, 2.24) is 0 Å². The van der Waals surface area contributed by atoms with Crippen LogP contribution < -0.4 is 0 Å². The van der Waals surface area contributed by atoms with Crippen LogP contribution >= 0.6 is 15.9 Å². The van der Waals surface area contributed by atoms with Gasteiger partial charge in [-0.3, -0.25) is 0 Å². The highest BCUT2D eigenvalue weighted by atomic mass is 79.9. The van der Waals surface area contributed by atoms with E-state index in [9.17, 15) is 0 Å². The number of fused-ring (bicyclic) bond motifs is 2. The zero-order valence-electron chi connectivity index (χ0n) is 13.3. The number of hydrogen-bond acceptors (Lipinski definition) is 2. The summed E-state index contributed by atoms with van der Waals surface area (Å²) in [6.07, 6.45) is 1.45. The average Bonchev–Trinajstić information content (AvgIpc) is 2.69. The van der Waals surface area contributed by atoms with Gasteiger partial charge in [-0.05, 0) is 45.3 Å². The topological polar surface area (TPSA) is 18.5 Å². The van der Waals surface area contributed by atoms with Gasteiger partial charge in [-0.25, -0.2) is 0 Å². The maximum absolute atomic E-state index is 6.83. The summed E-state index contributed by atoms with van der Waals surface area (Å²) in [6, 6.07) is 3.64. The minimum absolute atomic E-state index is 0.0426. The second kappa shape index (κ2) is 5.11. The minimum atomic E-state index is -1.57. The van der Waals surface area contributed by atoms with Crippen molar-refractivity contribution in [3.8, 4) is 0 Å². The summed E-state index contributed by atoms with van der Waals surface area (Å²) < 4.78 is 13.2. The van der Waals surface area contributed by atoms with Gasteiger partial charge >= 0.3 is 0 Å². The first-order valence-electron chi connectivity index (χ1n) is 7.76. The molecule has 4 heteroatoms. The van der Waals surface area contributed by atoms with Gasteiger partial charge in [0, 0.05) is 10.7 Å². The van der Waals surface area contributed by atoms with Crippen LogP contribution in [0.1, 0.15) is 48.0 Å². The fourth-order valence-corrected chi connectivity index (χ4v) is 7.73. The molecule has 0 radical (unpaired) electrons. The second-order valence-corrected chi connectivity index (χ2v) is 12.8. The first-order valence-corrected chi connectivity index (χ1v) is 11.2. The number of alkyl halides is 1. The highest BCUT2D eigenvalue weighted by Gasteiger charge is 2.66. The molecule has 1 heterocycles. The largest absolute Gasteiger partial charge is 0.411 e. The molecule has 1 aliphatic heterocycles. The van der Waals surface area contributed by atoms with Gasteiger partial charge < -0.3 is 9.16 Å². The van der Waals surface area contributed by atoms with Crippen molar-refractivity contribution in [2.24, 2.45) is 5.92 Å². The van der Waals surface area contributed by atoms with Crippen molar-refractivity contribution in [1.29, 1.82) is 0 Å². The Balaban J connectivity index is 2.26. The Labute approximate surface area is 127 Å². The summed E-state index contributed by atoms with van der Waals surface area (Å²) in [6.45, 7) is 13.6. The molecule has 19 heavy (non-hydrogen) atoms. The van der Waals surface area contributed by atoms with Crippen molar-refractivity contribution in [3.63, 3.8) is 0 Å². The van der Waals surface area contributed by atoms with E-state index in [4.69, 9.17) is 9.16 Å². The Morgan fingerprint density at radius 1 is 1.16 bits per heavy atom. The monoisotopic (exact) mass is 348 g/mol. The molecule has 2 bridgehead atoms. The molecule has 4 atom stereocenters. The lowest BCUT2D eigenvalue weighted by Crippen LogP contribution is -2.49. The van der Waals surface area contributed by atoms with E-state index >= 15 is 0 Å². The number of ether oxygens (including phenoxy) is 1. The Bertz CT molecular complexity index is 335. The molecule has 0 aromatic heterocycles. The number of hydrogen-bond donors (Lipinski definition) is 0. The van der Waals surface area contributed by atoms with Gasteiger partial charge in [0.05, 0.1) is 11.7 Å². The smallest absolute Gasteiger partial charge is 0.192 e. The molecular formula is C15H29BrO2Si. The minimum Gasteiger partial charge on any atom is -0.411 e. The van der Waals surface area contributed by atoms with Gasteiger partial charge in [0.25, 0.3) is 0 Å². The third-order valence-corrected chi connectivity index (χ3v) is 11.6. The standard InChI is InChI=1S/C15H29BrO2Si/c1-7-19(8-2,9-3)17-13-11-10-12(16)15(13,6)18-14(11,4)5/h11-13H,7-10H2,1-6H3/t11-,12+,13+,15+/m1/s1. The van der Waals surface area contributed by atoms with Crippen LogP contribution in [0.15, 0.2) is 0 Å². The zero-order valence-corrected chi connectivity index (χ0v) is 15.8. The predicted octanol–water partition coefficient (Wildman–Crippen LogP) is 4.73. The van der Waals surface area contributed by atoms with Crippen LogP contribution in [0, 0.1) is 5.92 Å². The molecule has 1 aliphatic carbocycles. The molecule has 0 N–H and O–H groups in total. The molecule has 2 fully saturated rings. The van der Waals surface area contributed by atoms with Crippen LogP contribution in [0.3, 0.4) is 0 Å². The molecule has 0 aromatic rings. The molecule has 2 rings (SSSR count). The van der Waals surface area contributed by atoms with E-state index in [1.165, 1.54) is 24.6 Å². The molecule has 2 aliphatic rings. The molecule has 0 spiro atoms. The lowest BCUT2D eigenvalue weighted by Gasteiger charge is -2.38. The Hall–Kier alpha value is 0.617. The first kappa shape index (κ1) is 16.0. The number of rotatable bonds is 5. The van der Waals surface area contributed by atoms with Gasteiger partial charge in [-0.15, -0.1) is 0 Å². The van der Waals surface area contributed by atoms with Crippen molar-refractivity contribution in [2.45, 2.75) is 88.2 Å². The first-order chi connectivity index (χ1) is 8.74. The average molecular weight is 349 g/mol. The molecule has 0 aromatic carbocycles. The van der Waals surface area contributed by atoms with E-state index in [1.807, 2.05) is 0 Å². The van der Waals surface area contributed by atoms with Gasteiger partial charge in [-0.1, -0.05) is 36.7 Å². The van der Waals surface area contributed by atoms with E-state index in [1.54, 1.807) is 0 Å². The fourth-order valence-electron chi connectivity index (χ4n) is 4.04. The molecule has 0 unspecified atom stereocenters. The molecule has 1 saturated carbocycles. The van der Waals surface area contributed by atoms with E-state index in [0.29, 0.717) is 10.7 Å². The molecular weight excluding hydrogens is 320 g/mol. The van der Waals surface area contributed by atoms with Gasteiger partial charge in [0.15, 0.2) is 8.32 Å². The van der Waals surface area contributed by atoms with Crippen molar-refractivity contribution in [3.05, 3.63) is 0 Å². The summed E-state index contributed by atoms with van der Waals surface area (Å²) in [7, 11) is -1.57. The normalized spacial score (nSPS) is 40.9. The van der Waals surface area contributed by atoms with Crippen LogP contribution in [0.2, 0.25) is 18.1 Å². The number of halogens is 1. The summed E-state index contributed by atoms with van der Waals surface area (Å²) >= 11 is 3.83. The lowest BCUT2D eigenvalue weighted by molar-refractivity contribution is -0.114. The van der Waals surface area contributed by atoms with Gasteiger partial charge in [0.2, 0.25) is 0 Å². The maximum atomic E-state index is 6.83. The molecule has 112 valence electrons. The molecule has 0 amide bonds. The van der Waals surface area contributed by atoms with Gasteiger partial charge in [-0.2, -0.15) is 0 Å². The summed E-state index contributed by atoms with van der Waals surface area (Å²) in [5, 5.41) is 0. The van der Waals surface area contributed by atoms with Crippen LogP contribution in [-0.4, -0.2) is 30.5 Å². The SMILES string of the molecule is CC[Si](CC)(CC)O[C@H]1[C@H]2C[C@H](Br)[C@]1(C)OC2(C)C. The van der Waals surface area contributed by atoms with Crippen LogP contribution in [0.5, 0.6) is 0 Å². The van der Waals surface area contributed by atoms with Gasteiger partial charge in [0.1, 0.15) is 5.60 Å². The summed E-state index contributed by atoms with van der Waals surface area (Å²) in [5.41, 5.74) is -0.190. The van der Waals surface area contributed by atoms with Crippen molar-refractivity contribution in [2.75, 3.05) is 0 Å². The molecule has 1 saturated heterocycles. The van der Waals surface area contributed by atoms with E-state index in [2.05, 4.69) is 57.5 Å². The van der Waals surface area contributed by atoms with Crippen LogP contribution in [-0.2, 0) is 9.16 Å². The highest BCUT2D eigenvalue weighted by Crippen LogP contribution is 2.57. The zero-order chi connectivity index (χ0) is 14.5. The predicted molar refractivity (Wildman–Crippen MR) is 86.5 cm³/mol. The van der Waals surface area contributed by atoms with Crippen LogP contribution in [0.25, 0.3) is 0 Å². The maximum Gasteiger partial charge on any atom is 0.192 e. The van der Waals surface area contributed by atoms with E-state index in [-0.39, 0.29) is 17.3 Å². The highest BCUT2D eigenvalue weighted by molar-refractivity contribution is 9.09.